The van der Waals surface area contributed by atoms with Crippen LogP contribution in [-0.4, -0.2) is 22.6 Å². The van der Waals surface area contributed by atoms with Crippen molar-refractivity contribution >= 4 is 0 Å². The zero-order chi connectivity index (χ0) is 11.5. The maximum absolute atomic E-state index is 4.52. The molecule has 1 aliphatic rings. The lowest BCUT2D eigenvalue weighted by Gasteiger charge is -2.17. The molecule has 0 aliphatic heterocycles. The van der Waals surface area contributed by atoms with Crippen LogP contribution in [0.25, 0.3) is 0 Å². The summed E-state index contributed by atoms with van der Waals surface area (Å²) < 4.78 is 0. The van der Waals surface area contributed by atoms with Crippen molar-refractivity contribution in [1.82, 2.24) is 15.3 Å². The molecule has 0 aromatic carbocycles. The van der Waals surface area contributed by atoms with Gasteiger partial charge in [-0.05, 0) is 45.2 Å². The van der Waals surface area contributed by atoms with Crippen molar-refractivity contribution in [3.05, 3.63) is 23.3 Å². The minimum atomic E-state index is 0.610. The number of likely N-dealkylation sites (N-methyl/N-ethyl adjacent to an activating group) is 1. The van der Waals surface area contributed by atoms with Crippen LogP contribution < -0.4 is 5.32 Å². The number of aryl methyl sites for hydroxylation is 2. The van der Waals surface area contributed by atoms with E-state index in [-0.39, 0.29) is 0 Å². The molecule has 1 heterocycles. The minimum absolute atomic E-state index is 0.610. The lowest BCUT2D eigenvalue weighted by Crippen LogP contribution is -2.33. The van der Waals surface area contributed by atoms with E-state index in [2.05, 4.69) is 28.3 Å². The van der Waals surface area contributed by atoms with Crippen LogP contribution in [0.2, 0.25) is 0 Å². The van der Waals surface area contributed by atoms with E-state index in [1.54, 1.807) is 0 Å². The Hall–Kier alpha value is -0.960. The molecular weight excluding hydrogens is 198 g/mol. The van der Waals surface area contributed by atoms with Crippen molar-refractivity contribution in [3.63, 3.8) is 0 Å². The van der Waals surface area contributed by atoms with Crippen LogP contribution in [0.4, 0.5) is 0 Å². The summed E-state index contributed by atoms with van der Waals surface area (Å²) in [7, 11) is 0. The lowest BCUT2D eigenvalue weighted by molar-refractivity contribution is 0.467. The molecule has 0 spiro atoms. The predicted molar refractivity (Wildman–Crippen MR) is 65.4 cm³/mol. The fraction of sp³-hybridized carbons (Fsp3) is 0.692. The minimum Gasteiger partial charge on any atom is -0.314 e. The van der Waals surface area contributed by atoms with Gasteiger partial charge in [0, 0.05) is 23.9 Å². The van der Waals surface area contributed by atoms with Gasteiger partial charge in [-0.25, -0.2) is 9.97 Å². The quantitative estimate of drug-likeness (QED) is 0.823. The standard InChI is InChI=1S/C13H21N3/c1-4-14-13(11-5-6-11)8-12-7-9(2)15-10(3)16-12/h7,11,13-14H,4-6,8H2,1-3H3. The molecule has 1 saturated carbocycles. The Morgan fingerprint density at radius 1 is 1.38 bits per heavy atom. The summed E-state index contributed by atoms with van der Waals surface area (Å²) in [5.41, 5.74) is 2.26. The fourth-order valence-corrected chi connectivity index (χ4v) is 2.29. The summed E-state index contributed by atoms with van der Waals surface area (Å²) in [6, 6.07) is 2.72. The van der Waals surface area contributed by atoms with Gasteiger partial charge in [0.15, 0.2) is 0 Å². The Balaban J connectivity index is 2.05. The highest BCUT2D eigenvalue weighted by Crippen LogP contribution is 2.33. The highest BCUT2D eigenvalue weighted by molar-refractivity contribution is 5.11. The number of rotatable bonds is 5. The monoisotopic (exact) mass is 219 g/mol. The van der Waals surface area contributed by atoms with Crippen LogP contribution in [0.15, 0.2) is 6.07 Å². The van der Waals surface area contributed by atoms with Crippen molar-refractivity contribution in [2.75, 3.05) is 6.54 Å². The lowest BCUT2D eigenvalue weighted by atomic mass is 10.1. The molecule has 16 heavy (non-hydrogen) atoms. The van der Waals surface area contributed by atoms with Gasteiger partial charge in [-0.3, -0.25) is 0 Å². The van der Waals surface area contributed by atoms with Crippen molar-refractivity contribution < 1.29 is 0 Å². The second kappa shape index (κ2) is 4.91. The average Bonchev–Trinajstić information content (AvgIpc) is 2.98. The first kappa shape index (κ1) is 11.5. The second-order valence-electron chi connectivity index (χ2n) is 4.75. The number of hydrogen-bond acceptors (Lipinski definition) is 3. The van der Waals surface area contributed by atoms with Crippen LogP contribution in [0.3, 0.4) is 0 Å². The van der Waals surface area contributed by atoms with E-state index < -0.39 is 0 Å². The first-order valence-electron chi connectivity index (χ1n) is 6.23. The molecule has 1 aromatic rings. The first-order chi connectivity index (χ1) is 7.69. The van der Waals surface area contributed by atoms with Gasteiger partial charge in [-0.2, -0.15) is 0 Å². The zero-order valence-corrected chi connectivity index (χ0v) is 10.5. The van der Waals surface area contributed by atoms with E-state index in [4.69, 9.17) is 0 Å². The van der Waals surface area contributed by atoms with Crippen LogP contribution in [0, 0.1) is 19.8 Å². The average molecular weight is 219 g/mol. The van der Waals surface area contributed by atoms with Gasteiger partial charge in [0.25, 0.3) is 0 Å². The van der Waals surface area contributed by atoms with Gasteiger partial charge in [-0.1, -0.05) is 6.92 Å². The molecule has 1 fully saturated rings. The highest BCUT2D eigenvalue weighted by atomic mass is 14.9. The van der Waals surface area contributed by atoms with E-state index in [1.807, 2.05) is 13.8 Å². The molecule has 3 nitrogen and oxygen atoms in total. The van der Waals surface area contributed by atoms with Gasteiger partial charge < -0.3 is 5.32 Å². The van der Waals surface area contributed by atoms with Crippen molar-refractivity contribution in [3.8, 4) is 0 Å². The van der Waals surface area contributed by atoms with Gasteiger partial charge in [0.2, 0.25) is 0 Å². The van der Waals surface area contributed by atoms with Crippen LogP contribution in [-0.2, 0) is 6.42 Å². The summed E-state index contributed by atoms with van der Waals surface area (Å²) in [5, 5.41) is 3.57. The molecule has 0 saturated heterocycles. The van der Waals surface area contributed by atoms with Crippen molar-refractivity contribution in [2.45, 2.75) is 46.1 Å². The third-order valence-electron chi connectivity index (χ3n) is 3.11. The molecule has 88 valence electrons. The Morgan fingerprint density at radius 3 is 2.69 bits per heavy atom. The summed E-state index contributed by atoms with van der Waals surface area (Å²) in [6.45, 7) is 7.23. The number of hydrogen-bond donors (Lipinski definition) is 1. The van der Waals surface area contributed by atoms with E-state index in [9.17, 15) is 0 Å². The Morgan fingerprint density at radius 2 is 2.12 bits per heavy atom. The van der Waals surface area contributed by atoms with E-state index in [0.717, 1.165) is 30.4 Å². The fourth-order valence-electron chi connectivity index (χ4n) is 2.29. The maximum atomic E-state index is 4.52. The van der Waals surface area contributed by atoms with Crippen LogP contribution in [0.5, 0.6) is 0 Å². The van der Waals surface area contributed by atoms with E-state index >= 15 is 0 Å². The van der Waals surface area contributed by atoms with Gasteiger partial charge >= 0.3 is 0 Å². The summed E-state index contributed by atoms with van der Waals surface area (Å²) in [5.74, 6) is 1.76. The molecule has 1 N–H and O–H groups in total. The van der Waals surface area contributed by atoms with Crippen molar-refractivity contribution in [2.24, 2.45) is 5.92 Å². The first-order valence-corrected chi connectivity index (χ1v) is 6.23. The molecule has 0 radical (unpaired) electrons. The van der Waals surface area contributed by atoms with Gasteiger partial charge in [0.1, 0.15) is 5.82 Å². The van der Waals surface area contributed by atoms with E-state index in [1.165, 1.54) is 18.5 Å². The molecule has 3 heteroatoms. The number of nitrogens with one attached hydrogen (secondary N) is 1. The van der Waals surface area contributed by atoms with E-state index in [0.29, 0.717) is 6.04 Å². The van der Waals surface area contributed by atoms with Crippen LogP contribution >= 0.6 is 0 Å². The second-order valence-corrected chi connectivity index (χ2v) is 4.75. The maximum Gasteiger partial charge on any atom is 0.125 e. The molecule has 1 atom stereocenters. The molecular formula is C13H21N3. The summed E-state index contributed by atoms with van der Waals surface area (Å²) >= 11 is 0. The van der Waals surface area contributed by atoms with Gasteiger partial charge in [0.05, 0.1) is 0 Å². The third-order valence-corrected chi connectivity index (χ3v) is 3.11. The topological polar surface area (TPSA) is 37.8 Å². The SMILES string of the molecule is CCNC(Cc1cc(C)nc(C)n1)C1CC1. The number of aromatic nitrogens is 2. The van der Waals surface area contributed by atoms with Crippen LogP contribution in [0.1, 0.15) is 37.0 Å². The molecule has 1 aliphatic carbocycles. The van der Waals surface area contributed by atoms with Gasteiger partial charge in [-0.15, -0.1) is 0 Å². The molecule has 1 aromatic heterocycles. The third kappa shape index (κ3) is 3.01. The molecule has 1 unspecified atom stereocenters. The van der Waals surface area contributed by atoms with Crippen molar-refractivity contribution in [1.29, 1.82) is 0 Å². The summed E-state index contributed by atoms with van der Waals surface area (Å²) in [6.07, 6.45) is 3.80. The normalized spacial score (nSPS) is 17.4. The Kier molecular flexibility index (Phi) is 3.54. The Labute approximate surface area is 97.7 Å². The highest BCUT2D eigenvalue weighted by Gasteiger charge is 2.30. The smallest absolute Gasteiger partial charge is 0.125 e. The predicted octanol–water partition coefficient (Wildman–Crippen LogP) is 2.02. The largest absolute Gasteiger partial charge is 0.314 e. The molecule has 2 rings (SSSR count). The summed E-state index contributed by atoms with van der Waals surface area (Å²) in [4.78, 5) is 8.83. The zero-order valence-electron chi connectivity index (χ0n) is 10.5. The number of nitrogens with zero attached hydrogens (tertiary/aromatic N) is 2. The molecule has 0 bridgehead atoms. The Bertz CT molecular complexity index is 338. The molecule has 0 amide bonds.